The first-order chi connectivity index (χ1) is 8.56. The SMILES string of the molecule is CCOC(=O)CCCc1c(C)cccc1S(=O)[O-]. The number of carbonyl (C=O) groups excluding carboxylic acids is 1. The van der Waals surface area contributed by atoms with Crippen LogP contribution in [0.4, 0.5) is 0 Å². The molecule has 5 heteroatoms. The number of rotatable bonds is 6. The molecule has 1 rings (SSSR count). The average Bonchev–Trinajstić information content (AvgIpc) is 2.31. The Morgan fingerprint density at radius 2 is 2.17 bits per heavy atom. The number of esters is 1. The van der Waals surface area contributed by atoms with Crippen molar-refractivity contribution >= 4 is 17.0 Å². The van der Waals surface area contributed by atoms with E-state index in [1.165, 1.54) is 0 Å². The first kappa shape index (κ1) is 14.9. The highest BCUT2D eigenvalue weighted by Crippen LogP contribution is 2.19. The van der Waals surface area contributed by atoms with E-state index in [-0.39, 0.29) is 5.97 Å². The van der Waals surface area contributed by atoms with Gasteiger partial charge in [-0.25, -0.2) is 0 Å². The van der Waals surface area contributed by atoms with Gasteiger partial charge in [0.05, 0.1) is 6.61 Å². The lowest BCUT2D eigenvalue weighted by atomic mass is 10.0. The molecule has 1 unspecified atom stereocenters. The summed E-state index contributed by atoms with van der Waals surface area (Å²) in [6.45, 7) is 4.01. The lowest BCUT2D eigenvalue weighted by Gasteiger charge is -2.14. The van der Waals surface area contributed by atoms with Crippen LogP contribution in [0, 0.1) is 6.92 Å². The summed E-state index contributed by atoms with van der Waals surface area (Å²) in [7, 11) is 0. The molecule has 0 bridgehead atoms. The van der Waals surface area contributed by atoms with E-state index in [0.717, 1.165) is 11.1 Å². The second-order valence-electron chi connectivity index (χ2n) is 3.94. The van der Waals surface area contributed by atoms with Crippen LogP contribution in [0.5, 0.6) is 0 Å². The third-order valence-electron chi connectivity index (χ3n) is 2.66. The molecule has 0 saturated carbocycles. The zero-order valence-electron chi connectivity index (χ0n) is 10.6. The van der Waals surface area contributed by atoms with E-state index in [9.17, 15) is 13.6 Å². The number of hydrogen-bond donors (Lipinski definition) is 0. The second kappa shape index (κ2) is 7.28. The van der Waals surface area contributed by atoms with Crippen molar-refractivity contribution in [1.82, 2.24) is 0 Å². The first-order valence-electron chi connectivity index (χ1n) is 5.89. The van der Waals surface area contributed by atoms with Gasteiger partial charge in [-0.15, -0.1) is 0 Å². The summed E-state index contributed by atoms with van der Waals surface area (Å²) in [5.74, 6) is -0.240. The predicted octanol–water partition coefficient (Wildman–Crippen LogP) is 2.12. The Morgan fingerprint density at radius 3 is 2.78 bits per heavy atom. The molecule has 0 aliphatic carbocycles. The Hall–Kier alpha value is -1.20. The lowest BCUT2D eigenvalue weighted by molar-refractivity contribution is -0.143. The third-order valence-corrected chi connectivity index (χ3v) is 3.40. The molecule has 4 nitrogen and oxygen atoms in total. The normalized spacial score (nSPS) is 12.2. The Kier molecular flexibility index (Phi) is 6.01. The van der Waals surface area contributed by atoms with Crippen LogP contribution < -0.4 is 0 Å². The van der Waals surface area contributed by atoms with E-state index < -0.39 is 11.1 Å². The van der Waals surface area contributed by atoms with Gasteiger partial charge in [0.15, 0.2) is 0 Å². The smallest absolute Gasteiger partial charge is 0.305 e. The highest BCUT2D eigenvalue weighted by atomic mass is 32.2. The molecule has 1 aromatic rings. The Labute approximate surface area is 110 Å². The van der Waals surface area contributed by atoms with Gasteiger partial charge >= 0.3 is 5.97 Å². The molecule has 18 heavy (non-hydrogen) atoms. The molecule has 0 aliphatic heterocycles. The van der Waals surface area contributed by atoms with Gasteiger partial charge in [0.1, 0.15) is 0 Å². The van der Waals surface area contributed by atoms with Crippen molar-refractivity contribution in [2.24, 2.45) is 0 Å². The molecule has 0 saturated heterocycles. The first-order valence-corrected chi connectivity index (χ1v) is 6.97. The third kappa shape index (κ3) is 4.23. The number of ether oxygens (including phenoxy) is 1. The van der Waals surface area contributed by atoms with E-state index in [4.69, 9.17) is 4.74 Å². The minimum absolute atomic E-state index is 0.240. The molecule has 0 amide bonds. The zero-order chi connectivity index (χ0) is 13.5. The van der Waals surface area contributed by atoms with Crippen LogP contribution in [0.25, 0.3) is 0 Å². The minimum Gasteiger partial charge on any atom is -0.768 e. The van der Waals surface area contributed by atoms with Gasteiger partial charge in [-0.3, -0.25) is 9.00 Å². The summed E-state index contributed by atoms with van der Waals surface area (Å²) in [5, 5.41) is 0. The number of benzene rings is 1. The van der Waals surface area contributed by atoms with Gasteiger partial charge in [0, 0.05) is 11.3 Å². The Balaban J connectivity index is 2.67. The topological polar surface area (TPSA) is 66.4 Å². The summed E-state index contributed by atoms with van der Waals surface area (Å²) in [4.78, 5) is 11.5. The molecule has 0 aromatic heterocycles. The van der Waals surface area contributed by atoms with Crippen LogP contribution in [-0.4, -0.2) is 21.3 Å². The van der Waals surface area contributed by atoms with Crippen molar-refractivity contribution in [2.45, 2.75) is 38.0 Å². The summed E-state index contributed by atoms with van der Waals surface area (Å²) >= 11 is -2.23. The maximum Gasteiger partial charge on any atom is 0.305 e. The molecule has 0 aliphatic rings. The molecule has 100 valence electrons. The maximum absolute atomic E-state index is 11.2. The zero-order valence-corrected chi connectivity index (χ0v) is 11.4. The van der Waals surface area contributed by atoms with E-state index in [1.54, 1.807) is 19.1 Å². The fraction of sp³-hybridized carbons (Fsp3) is 0.462. The molecular weight excluding hydrogens is 252 g/mol. The molecular formula is C13H17O4S-. The van der Waals surface area contributed by atoms with Crippen molar-refractivity contribution in [3.05, 3.63) is 29.3 Å². The highest BCUT2D eigenvalue weighted by Gasteiger charge is 2.08. The molecule has 0 spiro atoms. The van der Waals surface area contributed by atoms with Crippen LogP contribution in [0.3, 0.4) is 0 Å². The van der Waals surface area contributed by atoms with Gasteiger partial charge < -0.3 is 9.29 Å². The van der Waals surface area contributed by atoms with Crippen molar-refractivity contribution in [1.29, 1.82) is 0 Å². The quantitative estimate of drug-likeness (QED) is 0.586. The van der Waals surface area contributed by atoms with Gasteiger partial charge in [-0.1, -0.05) is 12.1 Å². The molecule has 1 aromatic carbocycles. The van der Waals surface area contributed by atoms with Gasteiger partial charge in [0.25, 0.3) is 0 Å². The van der Waals surface area contributed by atoms with Gasteiger partial charge in [-0.2, -0.15) is 0 Å². The molecule has 0 N–H and O–H groups in total. The fourth-order valence-electron chi connectivity index (χ4n) is 1.79. The van der Waals surface area contributed by atoms with Crippen LogP contribution in [0.1, 0.15) is 30.9 Å². The molecule has 0 radical (unpaired) electrons. The predicted molar refractivity (Wildman–Crippen MR) is 67.9 cm³/mol. The van der Waals surface area contributed by atoms with Gasteiger partial charge in [-0.05, 0) is 55.0 Å². The standard InChI is InChI=1S/C13H18O4S/c1-3-17-13(14)9-5-7-11-10(2)6-4-8-12(11)18(15)16/h4,6,8H,3,5,7,9H2,1-2H3,(H,15,16)/p-1. The molecule has 0 heterocycles. The van der Waals surface area contributed by atoms with Crippen molar-refractivity contribution in [3.63, 3.8) is 0 Å². The largest absolute Gasteiger partial charge is 0.768 e. The van der Waals surface area contributed by atoms with Crippen molar-refractivity contribution in [2.75, 3.05) is 6.61 Å². The molecule has 0 fully saturated rings. The highest BCUT2D eigenvalue weighted by molar-refractivity contribution is 7.79. The summed E-state index contributed by atoms with van der Waals surface area (Å²) in [6, 6.07) is 5.17. The summed E-state index contributed by atoms with van der Waals surface area (Å²) in [5.41, 5.74) is 1.72. The van der Waals surface area contributed by atoms with Crippen LogP contribution in [0.15, 0.2) is 23.1 Å². The van der Waals surface area contributed by atoms with Crippen LogP contribution >= 0.6 is 0 Å². The number of hydrogen-bond acceptors (Lipinski definition) is 4. The summed E-state index contributed by atoms with van der Waals surface area (Å²) < 4.78 is 27.0. The Bertz CT molecular complexity index is 443. The van der Waals surface area contributed by atoms with Crippen molar-refractivity contribution in [3.8, 4) is 0 Å². The average molecular weight is 269 g/mol. The van der Waals surface area contributed by atoms with Crippen molar-refractivity contribution < 1.29 is 18.3 Å². The van der Waals surface area contributed by atoms with Gasteiger partial charge in [0.2, 0.25) is 0 Å². The monoisotopic (exact) mass is 269 g/mol. The van der Waals surface area contributed by atoms with E-state index in [1.807, 2.05) is 13.0 Å². The van der Waals surface area contributed by atoms with Crippen LogP contribution in [0.2, 0.25) is 0 Å². The molecule has 1 atom stereocenters. The fourth-order valence-corrected chi connectivity index (χ4v) is 2.45. The summed E-state index contributed by atoms with van der Waals surface area (Å²) in [6.07, 6.45) is 1.47. The minimum atomic E-state index is -2.23. The lowest BCUT2D eigenvalue weighted by Crippen LogP contribution is -2.05. The van der Waals surface area contributed by atoms with E-state index in [0.29, 0.717) is 30.8 Å². The number of aryl methyl sites for hydroxylation is 1. The van der Waals surface area contributed by atoms with E-state index >= 15 is 0 Å². The van der Waals surface area contributed by atoms with Crippen LogP contribution in [-0.2, 0) is 27.0 Å². The Morgan fingerprint density at radius 1 is 1.44 bits per heavy atom. The van der Waals surface area contributed by atoms with E-state index in [2.05, 4.69) is 0 Å². The second-order valence-corrected chi connectivity index (χ2v) is 4.85. The maximum atomic E-state index is 11.2. The number of carbonyl (C=O) groups is 1.